The highest BCUT2D eigenvalue weighted by atomic mass is 16.3. The van der Waals surface area contributed by atoms with E-state index < -0.39 is 0 Å². The Labute approximate surface area is 234 Å². The highest BCUT2D eigenvalue weighted by Crippen LogP contribution is 2.38. The van der Waals surface area contributed by atoms with Gasteiger partial charge in [-0.3, -0.25) is 0 Å². The zero-order valence-electron chi connectivity index (χ0n) is 22.9. The van der Waals surface area contributed by atoms with Crippen molar-refractivity contribution >= 4 is 45.3 Å². The summed E-state index contributed by atoms with van der Waals surface area (Å²) in [6, 6.07) is 27.7. The number of nitrogens with one attached hydrogen (secondary N) is 1. The number of hydrogen-bond donors (Lipinski definition) is 2. The van der Waals surface area contributed by atoms with E-state index in [0.717, 1.165) is 57.3 Å². The van der Waals surface area contributed by atoms with Gasteiger partial charge in [-0.15, -0.1) is 0 Å². The first-order valence-electron chi connectivity index (χ1n) is 14.0. The van der Waals surface area contributed by atoms with Gasteiger partial charge in [0.2, 0.25) is 0 Å². The van der Waals surface area contributed by atoms with Crippen LogP contribution in [0.4, 0.5) is 11.5 Å². The van der Waals surface area contributed by atoms with Gasteiger partial charge in [-0.25, -0.2) is 9.97 Å². The first-order chi connectivity index (χ1) is 19.5. The average Bonchev–Trinajstić information content (AvgIpc) is 3.22. The van der Waals surface area contributed by atoms with Crippen LogP contribution in [0.15, 0.2) is 78.9 Å². The van der Waals surface area contributed by atoms with Crippen LogP contribution in [0, 0.1) is 0 Å². The minimum atomic E-state index is 0.262. The molecule has 6 nitrogen and oxygen atoms in total. The van der Waals surface area contributed by atoms with Crippen LogP contribution < -0.4 is 15.1 Å². The third-order valence-electron chi connectivity index (χ3n) is 8.31. The molecule has 2 aliphatic heterocycles. The van der Waals surface area contributed by atoms with Crippen molar-refractivity contribution in [3.63, 3.8) is 0 Å². The summed E-state index contributed by atoms with van der Waals surface area (Å²) in [6.07, 6.45) is 6.47. The van der Waals surface area contributed by atoms with E-state index in [1.165, 1.54) is 18.5 Å². The summed E-state index contributed by atoms with van der Waals surface area (Å²) in [5.41, 5.74) is 5.22. The van der Waals surface area contributed by atoms with Crippen LogP contribution in [0.2, 0.25) is 0 Å². The standard InChI is InChI=1S/C34H33N5O/c1-38(2)25-11-7-22(8-12-25)9-16-33-36-32-18-24(31-19-28(40)17-23-5-3-4-6-29(23)31)10-15-30(32)34(37-33)39-26-13-14-27(39)21-35-20-26/h3-12,15-19,26-27,35,40H,13-14,20-21H2,1-2H3/b16-9+. The maximum atomic E-state index is 10.5. The van der Waals surface area contributed by atoms with Crippen molar-refractivity contribution in [2.45, 2.75) is 24.9 Å². The number of fused-ring (bicyclic) bond motifs is 4. The zero-order valence-corrected chi connectivity index (χ0v) is 22.9. The number of benzene rings is 4. The van der Waals surface area contributed by atoms with E-state index in [4.69, 9.17) is 9.97 Å². The second kappa shape index (κ2) is 9.96. The lowest BCUT2D eigenvalue weighted by atomic mass is 9.97. The fourth-order valence-corrected chi connectivity index (χ4v) is 6.28. The Morgan fingerprint density at radius 2 is 1.62 bits per heavy atom. The molecule has 2 unspecified atom stereocenters. The van der Waals surface area contributed by atoms with Crippen molar-refractivity contribution in [3.05, 3.63) is 90.3 Å². The maximum absolute atomic E-state index is 10.5. The van der Waals surface area contributed by atoms with Gasteiger partial charge in [-0.2, -0.15) is 0 Å². The van der Waals surface area contributed by atoms with Gasteiger partial charge in [0, 0.05) is 50.3 Å². The number of aromatic nitrogens is 2. The van der Waals surface area contributed by atoms with E-state index in [1.54, 1.807) is 0 Å². The molecule has 2 aliphatic rings. The predicted molar refractivity (Wildman–Crippen MR) is 166 cm³/mol. The Hall–Kier alpha value is -4.42. The topological polar surface area (TPSA) is 64.5 Å². The van der Waals surface area contributed by atoms with Crippen LogP contribution in [0.5, 0.6) is 5.75 Å². The van der Waals surface area contributed by atoms with E-state index in [9.17, 15) is 5.11 Å². The number of aromatic hydroxyl groups is 1. The SMILES string of the molecule is CN(C)c1ccc(/C=C/c2nc(N3C4CCC3CNC4)c3ccc(-c4cc(O)cc5ccccc45)cc3n2)cc1. The molecule has 6 heteroatoms. The molecule has 0 spiro atoms. The fourth-order valence-electron chi connectivity index (χ4n) is 6.28. The fraction of sp³-hybridized carbons (Fsp3) is 0.235. The molecule has 200 valence electrons. The minimum absolute atomic E-state index is 0.262. The molecule has 0 amide bonds. The van der Waals surface area contributed by atoms with Crippen LogP contribution in [-0.2, 0) is 0 Å². The second-order valence-electron chi connectivity index (χ2n) is 11.1. The summed E-state index contributed by atoms with van der Waals surface area (Å²) in [7, 11) is 4.10. The van der Waals surface area contributed by atoms with Crippen molar-refractivity contribution in [1.82, 2.24) is 15.3 Å². The molecular formula is C34H33N5O. The van der Waals surface area contributed by atoms with E-state index in [-0.39, 0.29) is 5.75 Å². The molecule has 5 aromatic rings. The first kappa shape index (κ1) is 24.6. The quantitative estimate of drug-likeness (QED) is 0.278. The largest absolute Gasteiger partial charge is 0.508 e. The Bertz CT molecular complexity index is 1730. The maximum Gasteiger partial charge on any atom is 0.154 e. The van der Waals surface area contributed by atoms with Gasteiger partial charge >= 0.3 is 0 Å². The van der Waals surface area contributed by atoms with Crippen molar-refractivity contribution in [2.75, 3.05) is 37.0 Å². The molecule has 2 saturated heterocycles. The lowest BCUT2D eigenvalue weighted by Crippen LogP contribution is -2.52. The summed E-state index contributed by atoms with van der Waals surface area (Å²) in [5, 5.41) is 17.3. The summed E-state index contributed by atoms with van der Waals surface area (Å²) in [6.45, 7) is 1.97. The van der Waals surface area contributed by atoms with Crippen LogP contribution in [0.25, 0.3) is 45.0 Å². The lowest BCUT2D eigenvalue weighted by Gasteiger charge is -2.37. The van der Waals surface area contributed by atoms with Crippen LogP contribution in [0.1, 0.15) is 24.2 Å². The number of phenols is 1. The molecule has 4 aromatic carbocycles. The van der Waals surface area contributed by atoms with Gasteiger partial charge in [0.15, 0.2) is 5.82 Å². The smallest absolute Gasteiger partial charge is 0.154 e. The average molecular weight is 528 g/mol. The Morgan fingerprint density at radius 3 is 2.40 bits per heavy atom. The zero-order chi connectivity index (χ0) is 27.2. The molecule has 2 fully saturated rings. The molecule has 0 radical (unpaired) electrons. The molecule has 40 heavy (non-hydrogen) atoms. The Morgan fingerprint density at radius 1 is 0.850 bits per heavy atom. The van der Waals surface area contributed by atoms with Crippen molar-refractivity contribution in [1.29, 1.82) is 0 Å². The Balaban J connectivity index is 1.36. The predicted octanol–water partition coefficient (Wildman–Crippen LogP) is 6.33. The summed E-state index contributed by atoms with van der Waals surface area (Å²) < 4.78 is 0. The number of phenolic OH excluding ortho intramolecular Hbond substituents is 1. The Kier molecular flexibility index (Phi) is 6.13. The lowest BCUT2D eigenvalue weighted by molar-refractivity contribution is 0.476. The van der Waals surface area contributed by atoms with Gasteiger partial charge in [-0.1, -0.05) is 48.5 Å². The summed E-state index contributed by atoms with van der Waals surface area (Å²) >= 11 is 0. The van der Waals surface area contributed by atoms with E-state index in [2.05, 4.69) is 69.7 Å². The number of anilines is 2. The van der Waals surface area contributed by atoms with E-state index in [0.29, 0.717) is 17.9 Å². The normalized spacial score (nSPS) is 18.7. The van der Waals surface area contributed by atoms with Crippen molar-refractivity contribution in [2.24, 2.45) is 0 Å². The monoisotopic (exact) mass is 527 g/mol. The minimum Gasteiger partial charge on any atom is -0.508 e. The highest BCUT2D eigenvalue weighted by molar-refractivity contribution is 6.01. The van der Waals surface area contributed by atoms with E-state index in [1.807, 2.05) is 50.5 Å². The molecule has 0 saturated carbocycles. The molecule has 2 N–H and O–H groups in total. The molecule has 3 heterocycles. The van der Waals surface area contributed by atoms with Crippen LogP contribution in [0.3, 0.4) is 0 Å². The number of piperazine rings is 1. The first-order valence-corrected chi connectivity index (χ1v) is 14.0. The molecule has 7 rings (SSSR count). The van der Waals surface area contributed by atoms with Gasteiger partial charge in [0.05, 0.1) is 5.52 Å². The van der Waals surface area contributed by atoms with Crippen LogP contribution >= 0.6 is 0 Å². The number of hydrogen-bond acceptors (Lipinski definition) is 6. The molecule has 2 bridgehead atoms. The summed E-state index contributed by atoms with van der Waals surface area (Å²) in [5.74, 6) is 1.99. The van der Waals surface area contributed by atoms with Crippen molar-refractivity contribution in [3.8, 4) is 16.9 Å². The number of nitrogens with zero attached hydrogens (tertiary/aromatic N) is 4. The van der Waals surface area contributed by atoms with E-state index >= 15 is 0 Å². The highest BCUT2D eigenvalue weighted by Gasteiger charge is 2.38. The molecule has 0 aliphatic carbocycles. The molecular weight excluding hydrogens is 494 g/mol. The third kappa shape index (κ3) is 4.44. The summed E-state index contributed by atoms with van der Waals surface area (Å²) in [4.78, 5) is 14.8. The van der Waals surface area contributed by atoms with Crippen LogP contribution in [-0.4, -0.2) is 54.3 Å². The third-order valence-corrected chi connectivity index (χ3v) is 8.31. The van der Waals surface area contributed by atoms with Gasteiger partial charge in [-0.05, 0) is 82.8 Å². The van der Waals surface area contributed by atoms with Crippen molar-refractivity contribution < 1.29 is 5.11 Å². The second-order valence-corrected chi connectivity index (χ2v) is 11.1. The van der Waals surface area contributed by atoms with Gasteiger partial charge in [0.1, 0.15) is 11.6 Å². The molecule has 1 aromatic heterocycles. The molecule has 2 atom stereocenters. The van der Waals surface area contributed by atoms with Gasteiger partial charge < -0.3 is 20.2 Å². The number of rotatable bonds is 5. The van der Waals surface area contributed by atoms with Gasteiger partial charge in [0.25, 0.3) is 0 Å².